The molecule has 2 aromatic carbocycles. The van der Waals surface area contributed by atoms with Gasteiger partial charge in [0.15, 0.2) is 11.0 Å². The van der Waals surface area contributed by atoms with Crippen molar-refractivity contribution in [2.75, 3.05) is 0 Å². The Morgan fingerprint density at radius 2 is 1.87 bits per heavy atom. The van der Waals surface area contributed by atoms with E-state index >= 15 is 0 Å². The highest BCUT2D eigenvalue weighted by Gasteiger charge is 2.20. The first kappa shape index (κ1) is 22.7. The molecule has 1 N–H and O–H groups in total. The van der Waals surface area contributed by atoms with E-state index in [4.69, 9.17) is 34.8 Å². The van der Waals surface area contributed by atoms with E-state index < -0.39 is 0 Å². The quantitative estimate of drug-likeness (QED) is 0.307. The fourth-order valence-electron chi connectivity index (χ4n) is 2.75. The van der Waals surface area contributed by atoms with Crippen LogP contribution in [0.5, 0.6) is 0 Å². The second-order valence-electron chi connectivity index (χ2n) is 6.47. The van der Waals surface area contributed by atoms with Gasteiger partial charge in [-0.15, -0.1) is 16.8 Å². The number of allylic oxidation sites excluding steroid dienone is 1. The summed E-state index contributed by atoms with van der Waals surface area (Å²) in [6, 6.07) is 11.8. The van der Waals surface area contributed by atoms with Crippen molar-refractivity contribution < 1.29 is 4.79 Å². The standard InChI is InChI=1S/C21H19Cl3N4OS/c1-3-10-28-19(13(2)25-20(29)14-4-7-16(22)8-5-14)26-27-21(28)30-12-15-6-9-17(23)11-18(15)24/h3-9,11,13H,1,10,12H2,2H3,(H,25,29)/t13-/m0/s1. The van der Waals surface area contributed by atoms with Crippen molar-refractivity contribution in [3.63, 3.8) is 0 Å². The van der Waals surface area contributed by atoms with Crippen LogP contribution in [0.3, 0.4) is 0 Å². The van der Waals surface area contributed by atoms with Crippen LogP contribution in [0.2, 0.25) is 15.1 Å². The number of amides is 1. The highest BCUT2D eigenvalue weighted by Crippen LogP contribution is 2.29. The van der Waals surface area contributed by atoms with Gasteiger partial charge < -0.3 is 9.88 Å². The summed E-state index contributed by atoms with van der Waals surface area (Å²) in [5.74, 6) is 1.04. The lowest BCUT2D eigenvalue weighted by atomic mass is 10.2. The number of halogens is 3. The van der Waals surface area contributed by atoms with Gasteiger partial charge in [-0.1, -0.05) is 58.7 Å². The Balaban J connectivity index is 1.74. The molecular weight excluding hydrogens is 463 g/mol. The van der Waals surface area contributed by atoms with Crippen molar-refractivity contribution in [1.82, 2.24) is 20.1 Å². The molecule has 0 saturated heterocycles. The van der Waals surface area contributed by atoms with Gasteiger partial charge in [0.05, 0.1) is 6.04 Å². The van der Waals surface area contributed by atoms with Crippen molar-refractivity contribution >= 4 is 52.5 Å². The predicted molar refractivity (Wildman–Crippen MR) is 124 cm³/mol. The minimum Gasteiger partial charge on any atom is -0.342 e. The Morgan fingerprint density at radius 3 is 2.53 bits per heavy atom. The number of nitrogens with one attached hydrogen (secondary N) is 1. The number of thioether (sulfide) groups is 1. The van der Waals surface area contributed by atoms with Gasteiger partial charge in [0, 0.05) is 32.9 Å². The van der Waals surface area contributed by atoms with Crippen molar-refractivity contribution in [2.24, 2.45) is 0 Å². The van der Waals surface area contributed by atoms with E-state index in [1.807, 2.05) is 17.6 Å². The van der Waals surface area contributed by atoms with Crippen LogP contribution in [0.4, 0.5) is 0 Å². The first-order valence-corrected chi connectivity index (χ1v) is 11.2. The summed E-state index contributed by atoms with van der Waals surface area (Å²) >= 11 is 19.6. The lowest BCUT2D eigenvalue weighted by molar-refractivity contribution is 0.0937. The number of hydrogen-bond acceptors (Lipinski definition) is 4. The first-order chi connectivity index (χ1) is 14.4. The molecule has 0 spiro atoms. The second-order valence-corrected chi connectivity index (χ2v) is 8.69. The van der Waals surface area contributed by atoms with E-state index in [9.17, 15) is 4.79 Å². The molecule has 1 aromatic heterocycles. The van der Waals surface area contributed by atoms with E-state index in [1.165, 1.54) is 11.8 Å². The molecule has 156 valence electrons. The van der Waals surface area contributed by atoms with Crippen LogP contribution in [0.25, 0.3) is 0 Å². The zero-order valence-electron chi connectivity index (χ0n) is 16.1. The van der Waals surface area contributed by atoms with Crippen molar-refractivity contribution in [3.8, 4) is 0 Å². The number of carbonyl (C=O) groups is 1. The maximum absolute atomic E-state index is 12.5. The molecule has 0 unspecified atom stereocenters. The van der Waals surface area contributed by atoms with Crippen LogP contribution < -0.4 is 5.32 Å². The van der Waals surface area contributed by atoms with E-state index in [1.54, 1.807) is 42.5 Å². The summed E-state index contributed by atoms with van der Waals surface area (Å²) in [5, 5.41) is 14.0. The largest absolute Gasteiger partial charge is 0.342 e. The molecule has 0 radical (unpaired) electrons. The molecule has 3 rings (SSSR count). The molecule has 0 saturated carbocycles. The average Bonchev–Trinajstić information content (AvgIpc) is 3.11. The van der Waals surface area contributed by atoms with Crippen molar-refractivity contribution in [1.29, 1.82) is 0 Å². The third-order valence-corrected chi connectivity index (χ3v) is 6.12. The number of carbonyl (C=O) groups excluding carboxylic acids is 1. The van der Waals surface area contributed by atoms with Gasteiger partial charge in [-0.05, 0) is 48.9 Å². The number of nitrogens with zero attached hydrogens (tertiary/aromatic N) is 3. The van der Waals surface area contributed by atoms with E-state index in [0.29, 0.717) is 43.9 Å². The molecule has 0 aliphatic carbocycles. The lowest BCUT2D eigenvalue weighted by Crippen LogP contribution is -2.28. The van der Waals surface area contributed by atoms with Gasteiger partial charge in [0.2, 0.25) is 0 Å². The predicted octanol–water partition coefficient (Wildman–Crippen LogP) is 6.21. The van der Waals surface area contributed by atoms with Gasteiger partial charge in [0.25, 0.3) is 5.91 Å². The molecule has 1 atom stereocenters. The molecule has 3 aromatic rings. The van der Waals surface area contributed by atoms with Crippen LogP contribution in [0, 0.1) is 0 Å². The Labute approximate surface area is 194 Å². The molecule has 0 aliphatic rings. The highest BCUT2D eigenvalue weighted by molar-refractivity contribution is 7.98. The van der Waals surface area contributed by atoms with Gasteiger partial charge in [-0.3, -0.25) is 4.79 Å². The Hall–Kier alpha value is -1.99. The monoisotopic (exact) mass is 480 g/mol. The number of aromatic nitrogens is 3. The van der Waals surface area contributed by atoms with E-state index in [-0.39, 0.29) is 11.9 Å². The van der Waals surface area contributed by atoms with Crippen LogP contribution in [-0.2, 0) is 12.3 Å². The molecule has 5 nitrogen and oxygen atoms in total. The van der Waals surface area contributed by atoms with Crippen LogP contribution >= 0.6 is 46.6 Å². The maximum atomic E-state index is 12.5. The molecule has 0 bridgehead atoms. The summed E-state index contributed by atoms with van der Waals surface area (Å²) in [6.07, 6.45) is 1.76. The average molecular weight is 482 g/mol. The minimum atomic E-state index is -0.353. The van der Waals surface area contributed by atoms with Gasteiger partial charge in [-0.2, -0.15) is 0 Å². The Bertz CT molecular complexity index is 1050. The minimum absolute atomic E-state index is 0.213. The van der Waals surface area contributed by atoms with E-state index in [0.717, 1.165) is 5.56 Å². The summed E-state index contributed by atoms with van der Waals surface area (Å²) in [5.41, 5.74) is 1.47. The first-order valence-electron chi connectivity index (χ1n) is 9.06. The Morgan fingerprint density at radius 1 is 1.17 bits per heavy atom. The third kappa shape index (κ3) is 5.58. The summed E-state index contributed by atoms with van der Waals surface area (Å²) in [7, 11) is 0. The molecule has 1 amide bonds. The summed E-state index contributed by atoms with van der Waals surface area (Å²) < 4.78 is 1.92. The zero-order chi connectivity index (χ0) is 21.7. The third-order valence-electron chi connectivity index (χ3n) is 4.27. The Kier molecular flexibility index (Phi) is 7.83. The van der Waals surface area contributed by atoms with Crippen molar-refractivity contribution in [2.45, 2.75) is 30.4 Å². The summed E-state index contributed by atoms with van der Waals surface area (Å²) in [6.45, 7) is 6.19. The van der Waals surface area contributed by atoms with Gasteiger partial charge in [0.1, 0.15) is 0 Å². The van der Waals surface area contributed by atoms with Crippen LogP contribution in [0.15, 0.2) is 60.3 Å². The zero-order valence-corrected chi connectivity index (χ0v) is 19.2. The maximum Gasteiger partial charge on any atom is 0.251 e. The molecule has 1 heterocycles. The number of benzene rings is 2. The van der Waals surface area contributed by atoms with Gasteiger partial charge >= 0.3 is 0 Å². The van der Waals surface area contributed by atoms with Crippen LogP contribution in [0.1, 0.15) is 34.7 Å². The molecule has 0 aliphatic heterocycles. The fourth-order valence-corrected chi connectivity index (χ4v) is 4.39. The highest BCUT2D eigenvalue weighted by atomic mass is 35.5. The lowest BCUT2D eigenvalue weighted by Gasteiger charge is -2.15. The van der Waals surface area contributed by atoms with Gasteiger partial charge in [-0.25, -0.2) is 0 Å². The molecule has 0 fully saturated rings. The summed E-state index contributed by atoms with van der Waals surface area (Å²) in [4.78, 5) is 12.5. The molecule has 9 heteroatoms. The number of hydrogen-bond donors (Lipinski definition) is 1. The van der Waals surface area contributed by atoms with Crippen molar-refractivity contribution in [3.05, 3.63) is 87.1 Å². The van der Waals surface area contributed by atoms with Crippen LogP contribution in [-0.4, -0.2) is 20.7 Å². The molecule has 30 heavy (non-hydrogen) atoms. The van der Waals surface area contributed by atoms with E-state index in [2.05, 4.69) is 22.1 Å². The SMILES string of the molecule is C=CCn1c(SCc2ccc(Cl)cc2Cl)nnc1[C@H](C)NC(=O)c1ccc(Cl)cc1. The molecular formula is C21H19Cl3N4OS. The normalized spacial score (nSPS) is 11.9. The fraction of sp³-hybridized carbons (Fsp3) is 0.190. The smallest absolute Gasteiger partial charge is 0.251 e. The second kappa shape index (κ2) is 10.4. The topological polar surface area (TPSA) is 59.8 Å². The number of rotatable bonds is 8.